The van der Waals surface area contributed by atoms with Crippen LogP contribution in [0.2, 0.25) is 0 Å². The first-order chi connectivity index (χ1) is 11.1. The van der Waals surface area contributed by atoms with E-state index in [1.54, 1.807) is 11.3 Å². The van der Waals surface area contributed by atoms with Gasteiger partial charge in [-0.05, 0) is 44.3 Å². The molecular weight excluding hydrogens is 310 g/mol. The number of rotatable bonds is 4. The third-order valence-electron chi connectivity index (χ3n) is 4.91. The van der Waals surface area contributed by atoms with Crippen LogP contribution in [0.5, 0.6) is 0 Å². The molecule has 126 valence electrons. The van der Waals surface area contributed by atoms with Gasteiger partial charge in [-0.1, -0.05) is 6.07 Å². The number of likely N-dealkylation sites (tertiary alicyclic amines) is 1. The number of amides is 2. The van der Waals surface area contributed by atoms with Crippen molar-refractivity contribution in [3.8, 4) is 0 Å². The molecule has 2 aliphatic heterocycles. The highest BCUT2D eigenvalue weighted by molar-refractivity contribution is 7.09. The van der Waals surface area contributed by atoms with Crippen molar-refractivity contribution in [2.45, 2.75) is 31.7 Å². The molecule has 2 aliphatic rings. The van der Waals surface area contributed by atoms with Crippen LogP contribution < -0.4 is 0 Å². The van der Waals surface area contributed by atoms with Crippen LogP contribution in [-0.2, 0) is 16.0 Å². The second-order valence-corrected chi connectivity index (χ2v) is 7.46. The van der Waals surface area contributed by atoms with Gasteiger partial charge >= 0.3 is 0 Å². The predicted molar refractivity (Wildman–Crippen MR) is 91.5 cm³/mol. The van der Waals surface area contributed by atoms with Crippen molar-refractivity contribution < 1.29 is 9.59 Å². The van der Waals surface area contributed by atoms with Crippen molar-refractivity contribution >= 4 is 23.2 Å². The minimum absolute atomic E-state index is 0.0519. The number of hydrogen-bond acceptors (Lipinski definition) is 4. The second kappa shape index (κ2) is 7.45. The van der Waals surface area contributed by atoms with Crippen LogP contribution in [0.3, 0.4) is 0 Å². The lowest BCUT2D eigenvalue weighted by molar-refractivity contribution is -0.142. The molecule has 2 amide bonds. The van der Waals surface area contributed by atoms with Crippen molar-refractivity contribution in [1.82, 2.24) is 14.7 Å². The number of carbonyl (C=O) groups is 2. The third-order valence-corrected chi connectivity index (χ3v) is 5.85. The predicted octanol–water partition coefficient (Wildman–Crippen LogP) is 1.45. The van der Waals surface area contributed by atoms with E-state index in [4.69, 9.17) is 0 Å². The Morgan fingerprint density at radius 3 is 2.52 bits per heavy atom. The van der Waals surface area contributed by atoms with Gasteiger partial charge in [0.05, 0.1) is 6.04 Å². The molecular formula is C17H25N3O2S. The van der Waals surface area contributed by atoms with Crippen molar-refractivity contribution in [3.63, 3.8) is 0 Å². The summed E-state index contributed by atoms with van der Waals surface area (Å²) in [5.41, 5.74) is 0. The Labute approximate surface area is 141 Å². The van der Waals surface area contributed by atoms with Gasteiger partial charge < -0.3 is 9.80 Å². The van der Waals surface area contributed by atoms with E-state index in [2.05, 4.69) is 11.0 Å². The lowest BCUT2D eigenvalue weighted by Gasteiger charge is -2.37. The SMILES string of the molecule is CN1CCCC1C(=O)N1CCN(C(=O)CCc2cccs2)CC1. The van der Waals surface area contributed by atoms with Crippen LogP contribution in [0.4, 0.5) is 0 Å². The van der Waals surface area contributed by atoms with Crippen molar-refractivity contribution in [3.05, 3.63) is 22.4 Å². The van der Waals surface area contributed by atoms with E-state index in [0.717, 1.165) is 25.8 Å². The third kappa shape index (κ3) is 3.93. The first kappa shape index (κ1) is 16.5. The lowest BCUT2D eigenvalue weighted by atomic mass is 10.1. The number of carbonyl (C=O) groups excluding carboxylic acids is 2. The number of nitrogens with zero attached hydrogens (tertiary/aromatic N) is 3. The summed E-state index contributed by atoms with van der Waals surface area (Å²) in [5, 5.41) is 2.05. The first-order valence-corrected chi connectivity index (χ1v) is 9.32. The maximum Gasteiger partial charge on any atom is 0.240 e. The number of hydrogen-bond donors (Lipinski definition) is 0. The Hall–Kier alpha value is -1.40. The molecule has 0 saturated carbocycles. The van der Waals surface area contributed by atoms with Gasteiger partial charge in [-0.25, -0.2) is 0 Å². The number of piperazine rings is 1. The van der Waals surface area contributed by atoms with Gasteiger partial charge in [-0.15, -0.1) is 11.3 Å². The van der Waals surface area contributed by atoms with E-state index in [1.165, 1.54) is 4.88 Å². The molecule has 2 saturated heterocycles. The zero-order chi connectivity index (χ0) is 16.2. The summed E-state index contributed by atoms with van der Waals surface area (Å²) in [6.45, 7) is 3.70. The zero-order valence-electron chi connectivity index (χ0n) is 13.7. The molecule has 0 aliphatic carbocycles. The van der Waals surface area contributed by atoms with Gasteiger partial charge in [0.2, 0.25) is 11.8 Å². The monoisotopic (exact) mass is 335 g/mol. The molecule has 0 aromatic carbocycles. The van der Waals surface area contributed by atoms with Crippen LogP contribution in [-0.4, -0.2) is 72.3 Å². The van der Waals surface area contributed by atoms with E-state index < -0.39 is 0 Å². The molecule has 0 radical (unpaired) electrons. The molecule has 6 heteroatoms. The average Bonchev–Trinajstić information content (AvgIpc) is 3.23. The maximum atomic E-state index is 12.6. The smallest absolute Gasteiger partial charge is 0.240 e. The van der Waals surface area contributed by atoms with E-state index in [-0.39, 0.29) is 17.9 Å². The van der Waals surface area contributed by atoms with E-state index >= 15 is 0 Å². The normalized spacial score (nSPS) is 22.6. The Balaban J connectivity index is 1.44. The van der Waals surface area contributed by atoms with Crippen molar-refractivity contribution in [2.24, 2.45) is 0 Å². The molecule has 0 spiro atoms. The summed E-state index contributed by atoms with van der Waals surface area (Å²) in [6, 6.07) is 4.15. The van der Waals surface area contributed by atoms with Crippen molar-refractivity contribution in [1.29, 1.82) is 0 Å². The highest BCUT2D eigenvalue weighted by Gasteiger charge is 2.33. The Morgan fingerprint density at radius 1 is 1.17 bits per heavy atom. The minimum Gasteiger partial charge on any atom is -0.339 e. The average molecular weight is 335 g/mol. The van der Waals surface area contributed by atoms with Gasteiger partial charge in [0.1, 0.15) is 0 Å². The van der Waals surface area contributed by atoms with Crippen LogP contribution in [0.15, 0.2) is 17.5 Å². The summed E-state index contributed by atoms with van der Waals surface area (Å²) in [5.74, 6) is 0.458. The molecule has 3 rings (SSSR count). The summed E-state index contributed by atoms with van der Waals surface area (Å²) in [7, 11) is 2.03. The number of aryl methyl sites for hydroxylation is 1. The van der Waals surface area contributed by atoms with E-state index in [9.17, 15) is 9.59 Å². The Morgan fingerprint density at radius 2 is 1.91 bits per heavy atom. The minimum atomic E-state index is 0.0519. The van der Waals surface area contributed by atoms with Crippen LogP contribution in [0, 0.1) is 0 Å². The molecule has 23 heavy (non-hydrogen) atoms. The number of thiophene rings is 1. The largest absolute Gasteiger partial charge is 0.339 e. The molecule has 1 atom stereocenters. The zero-order valence-corrected chi connectivity index (χ0v) is 14.6. The summed E-state index contributed by atoms with van der Waals surface area (Å²) in [6.07, 6.45) is 3.46. The summed E-state index contributed by atoms with van der Waals surface area (Å²) >= 11 is 1.70. The van der Waals surface area contributed by atoms with Crippen LogP contribution >= 0.6 is 11.3 Å². The molecule has 0 bridgehead atoms. The Bertz CT molecular complexity index is 538. The summed E-state index contributed by atoms with van der Waals surface area (Å²) < 4.78 is 0. The molecule has 1 aromatic rings. The quantitative estimate of drug-likeness (QED) is 0.836. The highest BCUT2D eigenvalue weighted by Crippen LogP contribution is 2.18. The van der Waals surface area contributed by atoms with Crippen LogP contribution in [0.1, 0.15) is 24.1 Å². The topological polar surface area (TPSA) is 43.9 Å². The molecule has 0 N–H and O–H groups in total. The standard InChI is InChI=1S/C17H25N3O2S/c1-18-8-2-5-15(18)17(22)20-11-9-19(10-12-20)16(21)7-6-14-4-3-13-23-14/h3-4,13,15H,2,5-12H2,1H3. The van der Waals surface area contributed by atoms with Crippen LogP contribution in [0.25, 0.3) is 0 Å². The maximum absolute atomic E-state index is 12.6. The van der Waals surface area contributed by atoms with E-state index in [0.29, 0.717) is 32.6 Å². The fourth-order valence-corrected chi connectivity index (χ4v) is 4.16. The van der Waals surface area contributed by atoms with E-state index in [1.807, 2.05) is 28.3 Å². The highest BCUT2D eigenvalue weighted by atomic mass is 32.1. The lowest BCUT2D eigenvalue weighted by Crippen LogP contribution is -2.54. The molecule has 2 fully saturated rings. The summed E-state index contributed by atoms with van der Waals surface area (Å²) in [4.78, 5) is 32.1. The van der Waals surface area contributed by atoms with Gasteiger partial charge in [0, 0.05) is 37.5 Å². The first-order valence-electron chi connectivity index (χ1n) is 8.44. The molecule has 1 aromatic heterocycles. The fraction of sp³-hybridized carbons (Fsp3) is 0.647. The van der Waals surface area contributed by atoms with Gasteiger partial charge in [-0.3, -0.25) is 14.5 Å². The fourth-order valence-electron chi connectivity index (χ4n) is 3.45. The second-order valence-electron chi connectivity index (χ2n) is 6.42. The number of likely N-dealkylation sites (N-methyl/N-ethyl adjacent to an activating group) is 1. The molecule has 1 unspecified atom stereocenters. The Kier molecular flexibility index (Phi) is 5.33. The van der Waals surface area contributed by atoms with Gasteiger partial charge in [0.15, 0.2) is 0 Å². The molecule has 3 heterocycles. The van der Waals surface area contributed by atoms with Crippen molar-refractivity contribution in [2.75, 3.05) is 39.8 Å². The van der Waals surface area contributed by atoms with Gasteiger partial charge in [0.25, 0.3) is 0 Å². The molecule has 5 nitrogen and oxygen atoms in total. The van der Waals surface area contributed by atoms with Gasteiger partial charge in [-0.2, -0.15) is 0 Å².